The summed E-state index contributed by atoms with van der Waals surface area (Å²) >= 11 is 0. The standard InChI is InChI=1S/C14H18F2N2O/c1-2-3-4-5-6-18-13-8-11(16)10(15)7-12(13)17-9-14(18)19/h7-8,17H,2-6,9H2,1H3. The number of carbonyl (C=O) groups excluding carboxylic acids is 1. The van der Waals surface area contributed by atoms with Gasteiger partial charge in [-0.05, 0) is 6.42 Å². The summed E-state index contributed by atoms with van der Waals surface area (Å²) < 4.78 is 26.5. The topological polar surface area (TPSA) is 32.3 Å². The molecule has 0 bridgehead atoms. The third-order valence-electron chi connectivity index (χ3n) is 3.30. The van der Waals surface area contributed by atoms with Crippen molar-refractivity contribution in [2.45, 2.75) is 32.6 Å². The Labute approximate surface area is 111 Å². The van der Waals surface area contributed by atoms with Crippen molar-refractivity contribution in [2.24, 2.45) is 0 Å². The van der Waals surface area contributed by atoms with Crippen LogP contribution in [0.5, 0.6) is 0 Å². The van der Waals surface area contributed by atoms with E-state index < -0.39 is 11.6 Å². The molecule has 0 saturated heterocycles. The van der Waals surface area contributed by atoms with E-state index in [9.17, 15) is 13.6 Å². The number of nitrogens with zero attached hydrogens (tertiary/aromatic N) is 1. The summed E-state index contributed by atoms with van der Waals surface area (Å²) in [7, 11) is 0. The van der Waals surface area contributed by atoms with E-state index in [1.807, 2.05) is 0 Å². The number of carbonyl (C=O) groups is 1. The minimum absolute atomic E-state index is 0.102. The molecule has 0 aliphatic carbocycles. The van der Waals surface area contributed by atoms with Crippen molar-refractivity contribution in [1.82, 2.24) is 0 Å². The second kappa shape index (κ2) is 5.99. The molecule has 104 valence electrons. The molecule has 0 spiro atoms. The third-order valence-corrected chi connectivity index (χ3v) is 3.30. The van der Waals surface area contributed by atoms with E-state index in [0.717, 1.165) is 37.8 Å². The second-order valence-corrected chi connectivity index (χ2v) is 4.74. The summed E-state index contributed by atoms with van der Waals surface area (Å²) in [6.07, 6.45) is 4.14. The fraction of sp³-hybridized carbons (Fsp3) is 0.500. The van der Waals surface area contributed by atoms with Crippen molar-refractivity contribution in [3.63, 3.8) is 0 Å². The zero-order chi connectivity index (χ0) is 13.8. The van der Waals surface area contributed by atoms with Crippen LogP contribution in [0.4, 0.5) is 20.2 Å². The number of benzene rings is 1. The Bertz CT molecular complexity index is 477. The molecule has 0 saturated carbocycles. The van der Waals surface area contributed by atoms with Gasteiger partial charge in [0.2, 0.25) is 5.91 Å². The molecule has 0 atom stereocenters. The van der Waals surface area contributed by atoms with Gasteiger partial charge in [0.1, 0.15) is 0 Å². The Morgan fingerprint density at radius 3 is 2.68 bits per heavy atom. The fourth-order valence-corrected chi connectivity index (χ4v) is 2.24. The Morgan fingerprint density at radius 1 is 1.21 bits per heavy atom. The fourth-order valence-electron chi connectivity index (χ4n) is 2.24. The zero-order valence-electron chi connectivity index (χ0n) is 11.0. The van der Waals surface area contributed by atoms with E-state index in [0.29, 0.717) is 17.9 Å². The molecule has 5 heteroatoms. The normalized spacial score (nSPS) is 14.3. The summed E-state index contributed by atoms with van der Waals surface area (Å²) in [5.74, 6) is -1.92. The highest BCUT2D eigenvalue weighted by Gasteiger charge is 2.25. The molecular formula is C14H18F2N2O. The van der Waals surface area contributed by atoms with Gasteiger partial charge in [0, 0.05) is 18.7 Å². The van der Waals surface area contributed by atoms with Gasteiger partial charge in [0.15, 0.2) is 11.6 Å². The number of nitrogens with one attached hydrogen (secondary N) is 1. The van der Waals surface area contributed by atoms with Gasteiger partial charge in [-0.1, -0.05) is 26.2 Å². The SMILES string of the molecule is CCCCCCN1C(=O)CNc2cc(F)c(F)cc21. The van der Waals surface area contributed by atoms with E-state index in [2.05, 4.69) is 12.2 Å². The van der Waals surface area contributed by atoms with Crippen LogP contribution in [-0.2, 0) is 4.79 Å². The van der Waals surface area contributed by atoms with E-state index in [4.69, 9.17) is 0 Å². The molecule has 1 aromatic rings. The number of anilines is 2. The molecule has 0 fully saturated rings. The maximum absolute atomic E-state index is 13.3. The van der Waals surface area contributed by atoms with Gasteiger partial charge in [-0.25, -0.2) is 8.78 Å². The lowest BCUT2D eigenvalue weighted by atomic mass is 10.1. The van der Waals surface area contributed by atoms with Crippen LogP contribution in [0.15, 0.2) is 12.1 Å². The van der Waals surface area contributed by atoms with Crippen LogP contribution < -0.4 is 10.2 Å². The molecule has 1 N–H and O–H groups in total. The van der Waals surface area contributed by atoms with Crippen LogP contribution in [0.1, 0.15) is 32.6 Å². The molecule has 1 aliphatic rings. The zero-order valence-corrected chi connectivity index (χ0v) is 11.0. The first-order valence-electron chi connectivity index (χ1n) is 6.66. The Balaban J connectivity index is 2.15. The van der Waals surface area contributed by atoms with Crippen molar-refractivity contribution in [1.29, 1.82) is 0 Å². The third kappa shape index (κ3) is 3.03. The summed E-state index contributed by atoms with van der Waals surface area (Å²) in [6.45, 7) is 2.80. The number of unbranched alkanes of at least 4 members (excludes halogenated alkanes) is 3. The Morgan fingerprint density at radius 2 is 1.95 bits per heavy atom. The highest BCUT2D eigenvalue weighted by atomic mass is 19.2. The molecule has 1 amide bonds. The minimum atomic E-state index is -0.922. The maximum atomic E-state index is 13.3. The average Bonchev–Trinajstić information content (AvgIpc) is 2.39. The van der Waals surface area contributed by atoms with Crippen LogP contribution >= 0.6 is 0 Å². The summed E-state index contributed by atoms with van der Waals surface area (Å²) in [4.78, 5) is 13.4. The molecule has 19 heavy (non-hydrogen) atoms. The van der Waals surface area contributed by atoms with E-state index >= 15 is 0 Å². The van der Waals surface area contributed by atoms with Gasteiger partial charge in [-0.3, -0.25) is 4.79 Å². The first-order chi connectivity index (χ1) is 9.13. The van der Waals surface area contributed by atoms with Crippen LogP contribution in [-0.4, -0.2) is 19.0 Å². The Hall–Kier alpha value is -1.65. The molecule has 2 rings (SSSR count). The molecular weight excluding hydrogens is 250 g/mol. The monoisotopic (exact) mass is 268 g/mol. The van der Waals surface area contributed by atoms with E-state index in [1.165, 1.54) is 0 Å². The van der Waals surface area contributed by atoms with E-state index in [-0.39, 0.29) is 12.5 Å². The molecule has 1 aromatic carbocycles. The molecule has 1 heterocycles. The minimum Gasteiger partial charge on any atom is -0.374 e. The largest absolute Gasteiger partial charge is 0.374 e. The van der Waals surface area contributed by atoms with Crippen LogP contribution in [0, 0.1) is 11.6 Å². The highest BCUT2D eigenvalue weighted by Crippen LogP contribution is 2.31. The average molecular weight is 268 g/mol. The first-order valence-corrected chi connectivity index (χ1v) is 6.66. The molecule has 0 unspecified atom stereocenters. The number of fused-ring (bicyclic) bond motifs is 1. The number of halogens is 2. The molecule has 1 aliphatic heterocycles. The lowest BCUT2D eigenvalue weighted by Crippen LogP contribution is -2.40. The van der Waals surface area contributed by atoms with Gasteiger partial charge in [-0.15, -0.1) is 0 Å². The molecule has 0 radical (unpaired) electrons. The second-order valence-electron chi connectivity index (χ2n) is 4.74. The van der Waals surface area contributed by atoms with Gasteiger partial charge in [0.25, 0.3) is 0 Å². The summed E-state index contributed by atoms with van der Waals surface area (Å²) in [5, 5.41) is 2.81. The predicted octanol–water partition coefficient (Wildman–Crippen LogP) is 3.30. The first kappa shape index (κ1) is 13.8. The maximum Gasteiger partial charge on any atom is 0.246 e. The highest BCUT2D eigenvalue weighted by molar-refractivity contribution is 6.02. The number of rotatable bonds is 5. The molecule has 3 nitrogen and oxygen atoms in total. The quantitative estimate of drug-likeness (QED) is 0.831. The lowest BCUT2D eigenvalue weighted by Gasteiger charge is -2.30. The van der Waals surface area contributed by atoms with Crippen molar-refractivity contribution in [3.8, 4) is 0 Å². The van der Waals surface area contributed by atoms with Crippen LogP contribution in [0.25, 0.3) is 0 Å². The van der Waals surface area contributed by atoms with Gasteiger partial charge in [0.05, 0.1) is 17.9 Å². The predicted molar refractivity (Wildman–Crippen MR) is 71.3 cm³/mol. The van der Waals surface area contributed by atoms with Crippen LogP contribution in [0.3, 0.4) is 0 Å². The van der Waals surface area contributed by atoms with Gasteiger partial charge < -0.3 is 10.2 Å². The molecule has 0 aromatic heterocycles. The smallest absolute Gasteiger partial charge is 0.246 e. The number of hydrogen-bond acceptors (Lipinski definition) is 2. The van der Waals surface area contributed by atoms with Crippen molar-refractivity contribution in [3.05, 3.63) is 23.8 Å². The Kier molecular flexibility index (Phi) is 4.35. The number of hydrogen-bond donors (Lipinski definition) is 1. The summed E-state index contributed by atoms with van der Waals surface area (Å²) in [5.41, 5.74) is 0.917. The van der Waals surface area contributed by atoms with Crippen molar-refractivity contribution < 1.29 is 13.6 Å². The van der Waals surface area contributed by atoms with Gasteiger partial charge >= 0.3 is 0 Å². The van der Waals surface area contributed by atoms with Gasteiger partial charge in [-0.2, -0.15) is 0 Å². The van der Waals surface area contributed by atoms with Crippen molar-refractivity contribution >= 4 is 17.3 Å². The number of amides is 1. The van der Waals surface area contributed by atoms with Crippen LogP contribution in [0.2, 0.25) is 0 Å². The van der Waals surface area contributed by atoms with Crippen molar-refractivity contribution in [2.75, 3.05) is 23.3 Å². The lowest BCUT2D eigenvalue weighted by molar-refractivity contribution is -0.117. The van der Waals surface area contributed by atoms with E-state index in [1.54, 1.807) is 4.90 Å². The summed E-state index contributed by atoms with van der Waals surface area (Å²) in [6, 6.07) is 2.20.